The fourth-order valence-corrected chi connectivity index (χ4v) is 2.15. The highest BCUT2D eigenvalue weighted by molar-refractivity contribution is 5.66. The molecule has 0 amide bonds. The Labute approximate surface area is 101 Å². The summed E-state index contributed by atoms with van der Waals surface area (Å²) in [4.78, 5) is 0. The quantitative estimate of drug-likeness (QED) is 0.782. The molecule has 17 heavy (non-hydrogen) atoms. The van der Waals surface area contributed by atoms with Crippen molar-refractivity contribution >= 4 is 0 Å². The lowest BCUT2D eigenvalue weighted by molar-refractivity contribution is 0.357. The summed E-state index contributed by atoms with van der Waals surface area (Å²) in [5.41, 5.74) is 3.75. The van der Waals surface area contributed by atoms with Gasteiger partial charge in [-0.3, -0.25) is 0 Å². The second kappa shape index (κ2) is 4.13. The van der Waals surface area contributed by atoms with Gasteiger partial charge in [-0.1, -0.05) is 18.2 Å². The zero-order valence-electron chi connectivity index (χ0n) is 9.77. The number of ether oxygens (including phenoxy) is 2. The standard InChI is InChI=1S/C15H14O2/c1-16-14-5-2-11(3-6-14)12-4-7-15-13(10-12)8-9-17-15/h2-7,10H,8-9H2,1H3. The van der Waals surface area contributed by atoms with Gasteiger partial charge in [-0.25, -0.2) is 0 Å². The van der Waals surface area contributed by atoms with Gasteiger partial charge in [0.1, 0.15) is 11.5 Å². The topological polar surface area (TPSA) is 18.5 Å². The van der Waals surface area contributed by atoms with Crippen molar-refractivity contribution in [3.8, 4) is 22.6 Å². The van der Waals surface area contributed by atoms with Crippen LogP contribution in [0.4, 0.5) is 0 Å². The largest absolute Gasteiger partial charge is 0.497 e. The van der Waals surface area contributed by atoms with Crippen LogP contribution in [-0.4, -0.2) is 13.7 Å². The van der Waals surface area contributed by atoms with Crippen LogP contribution in [0, 0.1) is 0 Å². The van der Waals surface area contributed by atoms with Gasteiger partial charge in [0, 0.05) is 6.42 Å². The van der Waals surface area contributed by atoms with E-state index in [1.54, 1.807) is 7.11 Å². The van der Waals surface area contributed by atoms with Crippen molar-refractivity contribution in [1.29, 1.82) is 0 Å². The maximum atomic E-state index is 5.51. The van der Waals surface area contributed by atoms with Crippen LogP contribution in [0.3, 0.4) is 0 Å². The highest BCUT2D eigenvalue weighted by Crippen LogP contribution is 2.30. The summed E-state index contributed by atoms with van der Waals surface area (Å²) in [6.07, 6.45) is 1.01. The molecule has 2 aromatic rings. The molecule has 2 heteroatoms. The third-order valence-electron chi connectivity index (χ3n) is 3.11. The molecule has 3 rings (SSSR count). The Bertz CT molecular complexity index is 529. The van der Waals surface area contributed by atoms with Crippen LogP contribution in [-0.2, 0) is 6.42 Å². The fraction of sp³-hybridized carbons (Fsp3) is 0.200. The van der Waals surface area contributed by atoms with Crippen LogP contribution in [0.2, 0.25) is 0 Å². The molecule has 0 bridgehead atoms. The van der Waals surface area contributed by atoms with Crippen molar-refractivity contribution in [3.05, 3.63) is 48.0 Å². The molecule has 0 N–H and O–H groups in total. The Kier molecular flexibility index (Phi) is 2.48. The third-order valence-corrected chi connectivity index (χ3v) is 3.11. The summed E-state index contributed by atoms with van der Waals surface area (Å²) in [5, 5.41) is 0. The lowest BCUT2D eigenvalue weighted by Gasteiger charge is -2.05. The Morgan fingerprint density at radius 3 is 2.53 bits per heavy atom. The van der Waals surface area contributed by atoms with Gasteiger partial charge in [-0.05, 0) is 41.0 Å². The molecule has 86 valence electrons. The van der Waals surface area contributed by atoms with E-state index in [-0.39, 0.29) is 0 Å². The monoisotopic (exact) mass is 226 g/mol. The Morgan fingerprint density at radius 1 is 1.00 bits per heavy atom. The van der Waals surface area contributed by atoms with Gasteiger partial charge < -0.3 is 9.47 Å². The predicted octanol–water partition coefficient (Wildman–Crippen LogP) is 3.30. The maximum absolute atomic E-state index is 5.51. The number of methoxy groups -OCH3 is 1. The number of fused-ring (bicyclic) bond motifs is 1. The third kappa shape index (κ3) is 1.86. The molecule has 1 aliphatic rings. The SMILES string of the molecule is COc1ccc(-c2ccc3c(c2)CCO3)cc1. The van der Waals surface area contributed by atoms with Crippen LogP contribution >= 0.6 is 0 Å². The molecule has 2 aromatic carbocycles. The van der Waals surface area contributed by atoms with Gasteiger partial charge >= 0.3 is 0 Å². The lowest BCUT2D eigenvalue weighted by atomic mass is 10.0. The van der Waals surface area contributed by atoms with Crippen molar-refractivity contribution < 1.29 is 9.47 Å². The average molecular weight is 226 g/mol. The second-order valence-electron chi connectivity index (χ2n) is 4.15. The van der Waals surface area contributed by atoms with Crippen molar-refractivity contribution in [2.75, 3.05) is 13.7 Å². The summed E-state index contributed by atoms with van der Waals surface area (Å²) < 4.78 is 10.7. The number of hydrogen-bond acceptors (Lipinski definition) is 2. The summed E-state index contributed by atoms with van der Waals surface area (Å²) >= 11 is 0. The minimum atomic E-state index is 0.807. The summed E-state index contributed by atoms with van der Waals surface area (Å²) in [6.45, 7) is 0.807. The fourth-order valence-electron chi connectivity index (χ4n) is 2.15. The molecule has 0 unspecified atom stereocenters. The zero-order valence-corrected chi connectivity index (χ0v) is 9.77. The molecule has 0 fully saturated rings. The zero-order chi connectivity index (χ0) is 11.7. The lowest BCUT2D eigenvalue weighted by Crippen LogP contribution is -1.85. The Morgan fingerprint density at radius 2 is 1.76 bits per heavy atom. The van der Waals surface area contributed by atoms with Crippen molar-refractivity contribution in [2.45, 2.75) is 6.42 Å². The van der Waals surface area contributed by atoms with Crippen LogP contribution in [0.5, 0.6) is 11.5 Å². The number of hydrogen-bond donors (Lipinski definition) is 0. The van der Waals surface area contributed by atoms with Crippen LogP contribution < -0.4 is 9.47 Å². The van der Waals surface area contributed by atoms with Crippen molar-refractivity contribution in [2.24, 2.45) is 0 Å². The Hall–Kier alpha value is -1.96. The minimum Gasteiger partial charge on any atom is -0.497 e. The second-order valence-corrected chi connectivity index (χ2v) is 4.15. The van der Waals surface area contributed by atoms with E-state index in [2.05, 4.69) is 30.3 Å². The first kappa shape index (κ1) is 10.2. The molecule has 0 atom stereocenters. The van der Waals surface area contributed by atoms with Crippen molar-refractivity contribution in [3.63, 3.8) is 0 Å². The molecule has 1 heterocycles. The van der Waals surface area contributed by atoms with Crippen LogP contribution in [0.1, 0.15) is 5.56 Å². The predicted molar refractivity (Wildman–Crippen MR) is 67.6 cm³/mol. The molecule has 0 aromatic heterocycles. The molecule has 2 nitrogen and oxygen atoms in total. The average Bonchev–Trinajstić information content (AvgIpc) is 2.86. The molecule has 0 radical (unpaired) electrons. The number of benzene rings is 2. The van der Waals surface area contributed by atoms with Gasteiger partial charge in [-0.2, -0.15) is 0 Å². The van der Waals surface area contributed by atoms with Crippen LogP contribution in [0.15, 0.2) is 42.5 Å². The molecule has 0 saturated carbocycles. The van der Waals surface area contributed by atoms with E-state index in [9.17, 15) is 0 Å². The van der Waals surface area contributed by atoms with E-state index in [0.717, 1.165) is 24.5 Å². The summed E-state index contributed by atoms with van der Waals surface area (Å²) in [5.74, 6) is 1.92. The van der Waals surface area contributed by atoms with Crippen LogP contribution in [0.25, 0.3) is 11.1 Å². The first-order valence-electron chi connectivity index (χ1n) is 5.77. The highest BCUT2D eigenvalue weighted by atomic mass is 16.5. The molecule has 0 spiro atoms. The normalized spacial score (nSPS) is 13.0. The minimum absolute atomic E-state index is 0.807. The molecule has 0 saturated heterocycles. The molecular weight excluding hydrogens is 212 g/mol. The molecule has 0 aliphatic carbocycles. The smallest absolute Gasteiger partial charge is 0.122 e. The van der Waals surface area contributed by atoms with Gasteiger partial charge in [0.15, 0.2) is 0 Å². The van der Waals surface area contributed by atoms with E-state index < -0.39 is 0 Å². The van der Waals surface area contributed by atoms with E-state index in [1.807, 2.05) is 12.1 Å². The first-order chi connectivity index (χ1) is 8.36. The Balaban J connectivity index is 1.97. The highest BCUT2D eigenvalue weighted by Gasteiger charge is 2.12. The first-order valence-corrected chi connectivity index (χ1v) is 5.77. The maximum Gasteiger partial charge on any atom is 0.122 e. The number of rotatable bonds is 2. The van der Waals surface area contributed by atoms with E-state index in [1.165, 1.54) is 16.7 Å². The molecule has 1 aliphatic heterocycles. The van der Waals surface area contributed by atoms with Gasteiger partial charge in [0.05, 0.1) is 13.7 Å². The molecular formula is C15H14O2. The van der Waals surface area contributed by atoms with Gasteiger partial charge in [0.2, 0.25) is 0 Å². The summed E-state index contributed by atoms with van der Waals surface area (Å²) in [6, 6.07) is 14.5. The van der Waals surface area contributed by atoms with Gasteiger partial charge in [0.25, 0.3) is 0 Å². The van der Waals surface area contributed by atoms with Crippen molar-refractivity contribution in [1.82, 2.24) is 0 Å². The van der Waals surface area contributed by atoms with E-state index >= 15 is 0 Å². The van der Waals surface area contributed by atoms with E-state index in [0.29, 0.717) is 0 Å². The summed E-state index contributed by atoms with van der Waals surface area (Å²) in [7, 11) is 1.68. The van der Waals surface area contributed by atoms with Gasteiger partial charge in [-0.15, -0.1) is 0 Å². The van der Waals surface area contributed by atoms with E-state index in [4.69, 9.17) is 9.47 Å².